The van der Waals surface area contributed by atoms with Gasteiger partial charge in [-0.3, -0.25) is 14.6 Å². The van der Waals surface area contributed by atoms with Gasteiger partial charge in [0.15, 0.2) is 0 Å². The van der Waals surface area contributed by atoms with Gasteiger partial charge in [-0.05, 0) is 43.2 Å². The maximum absolute atomic E-state index is 13.4. The van der Waals surface area contributed by atoms with E-state index in [-0.39, 0.29) is 18.4 Å². The second-order valence-corrected chi connectivity index (χ2v) is 8.12. The van der Waals surface area contributed by atoms with Crippen molar-refractivity contribution in [1.29, 1.82) is 0 Å². The van der Waals surface area contributed by atoms with Crippen LogP contribution in [0.5, 0.6) is 0 Å². The Hall–Kier alpha value is -3.15. The van der Waals surface area contributed by atoms with Gasteiger partial charge in [0.05, 0.1) is 5.54 Å². The van der Waals surface area contributed by atoms with E-state index in [9.17, 15) is 9.59 Å². The molecule has 6 heteroatoms. The van der Waals surface area contributed by atoms with Gasteiger partial charge in [0.25, 0.3) is 0 Å². The zero-order valence-corrected chi connectivity index (χ0v) is 16.0. The van der Waals surface area contributed by atoms with Crippen LogP contribution in [0.15, 0.2) is 48.8 Å². The number of aromatic amines is 1. The number of carbonyl (C=O) groups excluding carboxylic acids is 2. The summed E-state index contributed by atoms with van der Waals surface area (Å²) in [5, 5.41) is 1.14. The third kappa shape index (κ3) is 2.37. The summed E-state index contributed by atoms with van der Waals surface area (Å²) >= 11 is 0. The van der Waals surface area contributed by atoms with Gasteiger partial charge >= 0.3 is 0 Å². The second kappa shape index (κ2) is 5.92. The van der Waals surface area contributed by atoms with Crippen molar-refractivity contribution < 1.29 is 9.59 Å². The van der Waals surface area contributed by atoms with Crippen LogP contribution in [0.2, 0.25) is 0 Å². The minimum absolute atomic E-state index is 0.00652. The van der Waals surface area contributed by atoms with Crippen molar-refractivity contribution in [3.8, 4) is 0 Å². The van der Waals surface area contributed by atoms with Crippen LogP contribution in [0.25, 0.3) is 10.9 Å². The molecule has 2 aromatic heterocycles. The number of amides is 2. The largest absolute Gasteiger partial charge is 0.356 e. The normalized spacial score (nSPS) is 21.0. The minimum atomic E-state index is -0.563. The zero-order valence-electron chi connectivity index (χ0n) is 16.0. The number of rotatable bonds is 2. The summed E-state index contributed by atoms with van der Waals surface area (Å²) < 4.78 is 0. The highest BCUT2D eigenvalue weighted by Gasteiger charge is 2.51. The summed E-state index contributed by atoms with van der Waals surface area (Å²) in [4.78, 5) is 37.5. The van der Waals surface area contributed by atoms with Gasteiger partial charge in [-0.15, -0.1) is 0 Å². The molecule has 142 valence electrons. The van der Waals surface area contributed by atoms with Gasteiger partial charge < -0.3 is 14.8 Å². The Balaban J connectivity index is 1.56. The smallest absolute Gasteiger partial charge is 0.246 e. The molecule has 0 bridgehead atoms. The monoisotopic (exact) mass is 374 g/mol. The number of benzene rings is 1. The zero-order chi connectivity index (χ0) is 19.5. The molecule has 1 fully saturated rings. The third-order valence-corrected chi connectivity index (χ3v) is 6.05. The molecule has 0 unspecified atom stereocenters. The topological polar surface area (TPSA) is 69.3 Å². The summed E-state index contributed by atoms with van der Waals surface area (Å²) in [6, 6.07) is 11.4. The average Bonchev–Trinajstić information content (AvgIpc) is 3.06. The maximum atomic E-state index is 13.4. The van der Waals surface area contributed by atoms with Crippen LogP contribution >= 0.6 is 0 Å². The number of para-hydroxylation sites is 1. The first-order valence-corrected chi connectivity index (χ1v) is 9.57. The van der Waals surface area contributed by atoms with Gasteiger partial charge in [-0.1, -0.05) is 18.2 Å². The lowest BCUT2D eigenvalue weighted by Crippen LogP contribution is -2.66. The number of nitrogens with one attached hydrogen (secondary N) is 1. The quantitative estimate of drug-likeness (QED) is 0.750. The maximum Gasteiger partial charge on any atom is 0.246 e. The van der Waals surface area contributed by atoms with Crippen LogP contribution in [0.1, 0.15) is 30.7 Å². The van der Waals surface area contributed by atoms with Gasteiger partial charge in [0.2, 0.25) is 11.8 Å². The molecule has 5 rings (SSSR count). The predicted molar refractivity (Wildman–Crippen MR) is 105 cm³/mol. The van der Waals surface area contributed by atoms with Crippen molar-refractivity contribution in [1.82, 2.24) is 19.8 Å². The Morgan fingerprint density at radius 3 is 2.68 bits per heavy atom. The number of fused-ring (bicyclic) bond motifs is 4. The molecule has 1 saturated heterocycles. The number of aromatic nitrogens is 2. The number of pyridine rings is 1. The van der Waals surface area contributed by atoms with Crippen molar-refractivity contribution in [3.63, 3.8) is 0 Å². The van der Waals surface area contributed by atoms with Crippen molar-refractivity contribution in [2.24, 2.45) is 0 Å². The molecule has 0 aliphatic carbocycles. The summed E-state index contributed by atoms with van der Waals surface area (Å²) in [6.07, 6.45) is 3.96. The van der Waals surface area contributed by atoms with Gasteiger partial charge in [0.1, 0.15) is 12.6 Å². The molecule has 2 aliphatic rings. The minimum Gasteiger partial charge on any atom is -0.356 e. The van der Waals surface area contributed by atoms with Crippen LogP contribution in [0.4, 0.5) is 0 Å². The van der Waals surface area contributed by atoms with Crippen LogP contribution in [-0.4, -0.2) is 44.2 Å². The van der Waals surface area contributed by atoms with Gasteiger partial charge in [-0.25, -0.2) is 0 Å². The fourth-order valence-corrected chi connectivity index (χ4v) is 4.78. The lowest BCUT2D eigenvalue weighted by atomic mass is 9.82. The fraction of sp³-hybridized carbons (Fsp3) is 0.318. The van der Waals surface area contributed by atoms with E-state index in [1.54, 1.807) is 22.2 Å². The Morgan fingerprint density at radius 1 is 1.14 bits per heavy atom. The van der Waals surface area contributed by atoms with Crippen LogP contribution in [0, 0.1) is 0 Å². The Morgan fingerprint density at radius 2 is 1.89 bits per heavy atom. The highest BCUT2D eigenvalue weighted by molar-refractivity contribution is 5.97. The lowest BCUT2D eigenvalue weighted by molar-refractivity contribution is -0.164. The van der Waals surface area contributed by atoms with E-state index in [0.29, 0.717) is 13.0 Å². The first-order valence-electron chi connectivity index (χ1n) is 9.57. The standard InChI is InChI=1S/C22H22N4O2/c1-22(2)20-16(15-5-3-4-6-17(15)24-20)11-18-21(28)25(13-19(27)26(18)22)12-14-7-9-23-10-8-14/h3-10,18,24H,11-13H2,1-2H3/t18-/m0/s1. The van der Waals surface area contributed by atoms with Gasteiger partial charge in [0, 0.05) is 42.0 Å². The molecule has 1 aromatic carbocycles. The van der Waals surface area contributed by atoms with Crippen molar-refractivity contribution in [3.05, 3.63) is 65.6 Å². The molecule has 0 saturated carbocycles. The number of carbonyl (C=O) groups is 2. The Labute approximate surface area is 163 Å². The van der Waals surface area contributed by atoms with E-state index >= 15 is 0 Å². The fourth-order valence-electron chi connectivity index (χ4n) is 4.78. The molecule has 0 radical (unpaired) electrons. The van der Waals surface area contributed by atoms with E-state index in [1.165, 1.54) is 0 Å². The molecule has 3 aromatic rings. The number of nitrogens with zero attached hydrogens (tertiary/aromatic N) is 3. The lowest BCUT2D eigenvalue weighted by Gasteiger charge is -2.51. The van der Waals surface area contributed by atoms with E-state index in [4.69, 9.17) is 0 Å². The Kier molecular flexibility index (Phi) is 3.59. The molecular weight excluding hydrogens is 352 g/mol. The molecule has 2 amide bonds. The van der Waals surface area contributed by atoms with Crippen LogP contribution in [-0.2, 0) is 28.1 Å². The highest BCUT2D eigenvalue weighted by atomic mass is 16.2. The molecule has 0 spiro atoms. The van der Waals surface area contributed by atoms with E-state index in [1.807, 2.05) is 44.2 Å². The average molecular weight is 374 g/mol. The first kappa shape index (κ1) is 17.0. The van der Waals surface area contributed by atoms with E-state index in [0.717, 1.165) is 27.7 Å². The van der Waals surface area contributed by atoms with Crippen molar-refractivity contribution in [2.75, 3.05) is 6.54 Å². The predicted octanol–water partition coefficient (Wildman–Crippen LogP) is 2.59. The second-order valence-electron chi connectivity index (χ2n) is 8.12. The molecule has 2 aliphatic heterocycles. The highest BCUT2D eigenvalue weighted by Crippen LogP contribution is 2.42. The summed E-state index contributed by atoms with van der Waals surface area (Å²) in [5.74, 6) is 0.00776. The van der Waals surface area contributed by atoms with Crippen molar-refractivity contribution in [2.45, 2.75) is 38.4 Å². The van der Waals surface area contributed by atoms with Gasteiger partial charge in [-0.2, -0.15) is 0 Å². The van der Waals surface area contributed by atoms with Crippen LogP contribution in [0.3, 0.4) is 0 Å². The number of H-pyrrole nitrogens is 1. The van der Waals surface area contributed by atoms with Crippen LogP contribution < -0.4 is 0 Å². The number of hydrogen-bond acceptors (Lipinski definition) is 3. The first-order chi connectivity index (χ1) is 13.5. The third-order valence-electron chi connectivity index (χ3n) is 6.05. The molecule has 1 N–H and O–H groups in total. The molecule has 4 heterocycles. The SMILES string of the molecule is CC1(C)c2[nH]c3ccccc3c2C[C@H]2C(=O)N(Cc3ccncc3)CC(=O)N21. The van der Waals surface area contributed by atoms with Crippen molar-refractivity contribution >= 4 is 22.7 Å². The van der Waals surface area contributed by atoms with E-state index < -0.39 is 11.6 Å². The van der Waals surface area contributed by atoms with E-state index in [2.05, 4.69) is 16.0 Å². The Bertz CT molecular complexity index is 1090. The summed E-state index contributed by atoms with van der Waals surface area (Å²) in [7, 11) is 0. The number of piperazine rings is 1. The summed E-state index contributed by atoms with van der Waals surface area (Å²) in [5.41, 5.74) is 3.65. The molecular formula is C22H22N4O2. The molecule has 6 nitrogen and oxygen atoms in total. The number of hydrogen-bond donors (Lipinski definition) is 1. The molecule has 1 atom stereocenters. The molecule has 28 heavy (non-hydrogen) atoms. The summed E-state index contributed by atoms with van der Waals surface area (Å²) in [6.45, 7) is 4.59.